The van der Waals surface area contributed by atoms with Crippen LogP contribution in [0.3, 0.4) is 0 Å². The van der Waals surface area contributed by atoms with Gasteiger partial charge in [0.25, 0.3) is 15.9 Å². The fourth-order valence-corrected chi connectivity index (χ4v) is 7.35. The van der Waals surface area contributed by atoms with Gasteiger partial charge in [-0.3, -0.25) is 9.59 Å². The molecule has 2 aliphatic rings. The van der Waals surface area contributed by atoms with Crippen molar-refractivity contribution in [3.63, 3.8) is 0 Å². The summed E-state index contributed by atoms with van der Waals surface area (Å²) >= 11 is 7.47. The number of aromatic amines is 1. The van der Waals surface area contributed by atoms with Crippen LogP contribution in [-0.4, -0.2) is 72.5 Å². The molecule has 4 heterocycles. The molecule has 0 bridgehead atoms. The van der Waals surface area contributed by atoms with Crippen LogP contribution in [0.25, 0.3) is 10.9 Å². The number of fused-ring (bicyclic) bond motifs is 2. The van der Waals surface area contributed by atoms with E-state index in [9.17, 15) is 18.0 Å². The number of carbonyl (C=O) groups is 2. The van der Waals surface area contributed by atoms with Crippen molar-refractivity contribution in [1.29, 1.82) is 0 Å². The highest BCUT2D eigenvalue weighted by Gasteiger charge is 2.41. The number of anilines is 1. The van der Waals surface area contributed by atoms with Gasteiger partial charge in [-0.15, -0.1) is 0 Å². The third kappa shape index (κ3) is 4.65. The Morgan fingerprint density at radius 3 is 2.83 bits per heavy atom. The van der Waals surface area contributed by atoms with Crippen LogP contribution in [0.4, 0.5) is 5.69 Å². The molecule has 3 N–H and O–H groups in total. The van der Waals surface area contributed by atoms with Gasteiger partial charge >= 0.3 is 0 Å². The summed E-state index contributed by atoms with van der Waals surface area (Å²) in [6.45, 7) is 0.305. The number of hydrogen-bond acceptors (Lipinski definition) is 6. The molecule has 2 aromatic heterocycles. The van der Waals surface area contributed by atoms with Crippen molar-refractivity contribution in [2.45, 2.75) is 27.8 Å². The maximum Gasteiger partial charge on any atom is 0.258 e. The molecule has 10 nitrogen and oxygen atoms in total. The molecule has 0 saturated carbocycles. The Bertz CT molecular complexity index is 1460. The minimum atomic E-state index is -3.89. The number of carbonyl (C=O) groups excluding carboxylic acids is 2. The number of amides is 2. The molecule has 2 unspecified atom stereocenters. The smallest absolute Gasteiger partial charge is 0.258 e. The van der Waals surface area contributed by atoms with E-state index in [2.05, 4.69) is 15.6 Å². The molecule has 3 aromatic rings. The van der Waals surface area contributed by atoms with Crippen LogP contribution < -0.4 is 15.2 Å². The molecule has 2 amide bonds. The lowest BCUT2D eigenvalue weighted by molar-refractivity contribution is -0.673. The van der Waals surface area contributed by atoms with Gasteiger partial charge in [0.2, 0.25) is 5.91 Å². The number of benzene rings is 1. The Hall–Kier alpha value is -2.80. The van der Waals surface area contributed by atoms with Gasteiger partial charge in [0, 0.05) is 55.1 Å². The van der Waals surface area contributed by atoms with Crippen LogP contribution in [0.5, 0.6) is 0 Å². The molecule has 5 rings (SSSR count). The molecule has 0 radical (unpaired) electrons. The zero-order chi connectivity index (χ0) is 25.6. The standard InChI is InChI=1S/C23H25ClN6O4S2/c1-25-20(31)11-16-12-29(36(33,34)21-10-14-9-15(24)3-4-17(14)26-21)7-8-30(16)23(32)22-27-18-5-6-28(2)13-19(18)35-22/h3-6,9-10,13,16,22,26H,7-8,11-12H2,1-2H3,(H,25,31)/p+1. The molecular formula is C23H26ClN6O4S2+. The van der Waals surface area contributed by atoms with Gasteiger partial charge in [-0.25, -0.2) is 13.0 Å². The number of aryl methyl sites for hydroxylation is 1. The molecule has 13 heteroatoms. The van der Waals surface area contributed by atoms with Gasteiger partial charge in [-0.2, -0.15) is 4.31 Å². The maximum atomic E-state index is 13.5. The number of thioether (sulfide) groups is 1. The Labute approximate surface area is 218 Å². The zero-order valence-corrected chi connectivity index (χ0v) is 22.1. The van der Waals surface area contributed by atoms with Crippen molar-refractivity contribution in [3.8, 4) is 0 Å². The molecule has 0 spiro atoms. The number of halogens is 1. The SMILES string of the molecule is CNC(=O)CC1CN(S(=O)(=O)c2cc3cc(Cl)ccc3[nH]2)CCN1C(=O)C1Nc2cc[n+](C)cc2S1. The van der Waals surface area contributed by atoms with Crippen LogP contribution in [0.2, 0.25) is 5.02 Å². The third-order valence-electron chi connectivity index (χ3n) is 6.42. The number of nitrogens with zero attached hydrogens (tertiary/aromatic N) is 3. The Morgan fingerprint density at radius 1 is 1.25 bits per heavy atom. The van der Waals surface area contributed by atoms with Crippen LogP contribution in [0.15, 0.2) is 52.6 Å². The van der Waals surface area contributed by atoms with Gasteiger partial charge in [-0.1, -0.05) is 23.4 Å². The Morgan fingerprint density at radius 2 is 2.06 bits per heavy atom. The number of sulfonamides is 1. The lowest BCUT2D eigenvalue weighted by atomic mass is 10.1. The minimum Gasteiger partial charge on any atom is -0.364 e. The van der Waals surface area contributed by atoms with E-state index in [1.54, 1.807) is 29.2 Å². The van der Waals surface area contributed by atoms with Crippen LogP contribution >= 0.6 is 23.4 Å². The summed E-state index contributed by atoms with van der Waals surface area (Å²) in [5.41, 5.74) is 1.53. The average Bonchev–Trinajstić information content (AvgIpc) is 3.47. The normalized spacial score (nSPS) is 20.2. The monoisotopic (exact) mass is 549 g/mol. The maximum absolute atomic E-state index is 13.5. The van der Waals surface area contributed by atoms with Crippen molar-refractivity contribution in [2.24, 2.45) is 7.05 Å². The number of pyridine rings is 1. The molecule has 190 valence electrons. The van der Waals surface area contributed by atoms with Crippen LogP contribution in [0.1, 0.15) is 6.42 Å². The van der Waals surface area contributed by atoms with Gasteiger partial charge in [0.15, 0.2) is 17.8 Å². The summed E-state index contributed by atoms with van der Waals surface area (Å²) in [5.74, 6) is -0.440. The Balaban J connectivity index is 1.37. The lowest BCUT2D eigenvalue weighted by Gasteiger charge is -2.41. The predicted molar refractivity (Wildman–Crippen MR) is 137 cm³/mol. The second-order valence-corrected chi connectivity index (χ2v) is 12.3. The van der Waals surface area contributed by atoms with Gasteiger partial charge in [-0.05, 0) is 24.3 Å². The lowest BCUT2D eigenvalue weighted by Crippen LogP contribution is -2.59. The quantitative estimate of drug-likeness (QED) is 0.415. The fourth-order valence-electron chi connectivity index (χ4n) is 4.53. The molecule has 1 fully saturated rings. The summed E-state index contributed by atoms with van der Waals surface area (Å²) in [6, 6.07) is 7.97. The van der Waals surface area contributed by atoms with Crippen molar-refractivity contribution in [1.82, 2.24) is 19.5 Å². The van der Waals surface area contributed by atoms with E-state index in [1.807, 2.05) is 30.1 Å². The van der Waals surface area contributed by atoms with E-state index in [0.29, 0.717) is 15.9 Å². The number of aromatic nitrogens is 2. The van der Waals surface area contributed by atoms with Crippen molar-refractivity contribution >= 4 is 61.8 Å². The highest BCUT2D eigenvalue weighted by atomic mass is 35.5. The first-order valence-corrected chi connectivity index (χ1v) is 14.1. The number of piperazine rings is 1. The first kappa shape index (κ1) is 24.9. The average molecular weight is 550 g/mol. The van der Waals surface area contributed by atoms with E-state index < -0.39 is 21.4 Å². The van der Waals surface area contributed by atoms with Crippen LogP contribution in [0, 0.1) is 0 Å². The molecule has 2 aliphatic heterocycles. The third-order valence-corrected chi connectivity index (χ3v) is 9.58. The van der Waals surface area contributed by atoms with Crippen molar-refractivity contribution < 1.29 is 22.6 Å². The van der Waals surface area contributed by atoms with E-state index in [4.69, 9.17) is 11.6 Å². The highest BCUT2D eigenvalue weighted by molar-refractivity contribution is 8.01. The number of nitrogens with one attached hydrogen (secondary N) is 3. The molecule has 2 atom stereocenters. The summed E-state index contributed by atoms with van der Waals surface area (Å²) in [6.07, 6.45) is 3.84. The van der Waals surface area contributed by atoms with Gasteiger partial charge in [0.05, 0.1) is 16.6 Å². The molecule has 1 aromatic carbocycles. The van der Waals surface area contributed by atoms with Crippen molar-refractivity contribution in [2.75, 3.05) is 32.0 Å². The molecule has 0 aliphatic carbocycles. The second-order valence-electron chi connectivity index (χ2n) is 8.82. The second kappa shape index (κ2) is 9.58. The fraction of sp³-hybridized carbons (Fsp3) is 0.348. The van der Waals surface area contributed by atoms with Crippen LogP contribution in [-0.2, 0) is 26.7 Å². The summed E-state index contributed by atoms with van der Waals surface area (Å²) in [4.78, 5) is 31.4. The molecule has 1 saturated heterocycles. The van der Waals surface area contributed by atoms with Gasteiger partial charge < -0.3 is 20.5 Å². The number of rotatable bonds is 5. The van der Waals surface area contributed by atoms with Crippen molar-refractivity contribution in [3.05, 3.63) is 47.7 Å². The molecular weight excluding hydrogens is 524 g/mol. The first-order valence-electron chi connectivity index (χ1n) is 11.4. The largest absolute Gasteiger partial charge is 0.364 e. The highest BCUT2D eigenvalue weighted by Crippen LogP contribution is 2.38. The van der Waals surface area contributed by atoms with E-state index in [-0.39, 0.29) is 42.9 Å². The van der Waals surface area contributed by atoms with E-state index >= 15 is 0 Å². The summed E-state index contributed by atoms with van der Waals surface area (Å²) in [5, 5.41) is 6.53. The number of H-pyrrole nitrogens is 1. The van der Waals surface area contributed by atoms with E-state index in [0.717, 1.165) is 10.6 Å². The predicted octanol–water partition coefficient (Wildman–Crippen LogP) is 1.53. The number of hydrogen-bond donors (Lipinski definition) is 3. The Kier molecular flexibility index (Phi) is 6.62. The van der Waals surface area contributed by atoms with Gasteiger partial charge in [0.1, 0.15) is 12.1 Å². The zero-order valence-electron chi connectivity index (χ0n) is 19.7. The molecule has 36 heavy (non-hydrogen) atoms. The summed E-state index contributed by atoms with van der Waals surface area (Å²) in [7, 11) is -0.454. The first-order chi connectivity index (χ1) is 17.2. The van der Waals surface area contributed by atoms with E-state index in [1.165, 1.54) is 23.1 Å². The summed E-state index contributed by atoms with van der Waals surface area (Å²) < 4.78 is 30.2. The minimum absolute atomic E-state index is 0.00410. The topological polar surface area (TPSA) is 118 Å².